The highest BCUT2D eigenvalue weighted by atomic mass is 16.3. The van der Waals surface area contributed by atoms with Crippen molar-refractivity contribution in [3.8, 4) is 12.3 Å². The Balaban J connectivity index is 1.61. The fraction of sp³-hybridized carbons (Fsp3) is 0.800. The predicted molar refractivity (Wildman–Crippen MR) is 85.4 cm³/mol. The third-order valence-corrected chi connectivity index (χ3v) is 7.54. The molecule has 0 heterocycles. The summed E-state index contributed by atoms with van der Waals surface area (Å²) in [6, 6.07) is 0. The smallest absolute Gasteiger partial charge is 0.123 e. The highest BCUT2D eigenvalue weighted by Crippen LogP contribution is 2.61. The van der Waals surface area contributed by atoms with E-state index >= 15 is 0 Å². The Morgan fingerprint density at radius 3 is 2.76 bits per heavy atom. The van der Waals surface area contributed by atoms with E-state index in [1.807, 2.05) is 0 Å². The van der Waals surface area contributed by atoms with Crippen LogP contribution in [0, 0.1) is 47.3 Å². The van der Waals surface area contributed by atoms with E-state index in [-0.39, 0.29) is 5.41 Å². The van der Waals surface area contributed by atoms with Gasteiger partial charge >= 0.3 is 0 Å². The van der Waals surface area contributed by atoms with Crippen LogP contribution < -0.4 is 0 Å². The molecular weight excluding hydrogens is 256 g/mol. The second kappa shape index (κ2) is 5.17. The summed E-state index contributed by atoms with van der Waals surface area (Å²) in [5.41, 5.74) is -0.0859. The van der Waals surface area contributed by atoms with Crippen LogP contribution in [0.5, 0.6) is 0 Å². The van der Waals surface area contributed by atoms with Crippen LogP contribution in [-0.2, 0) is 0 Å². The standard InChI is InChI=1S/C20H28O/c1-2-19(21)20-12-5-8-18(20)17-10-9-14-6-3-4-7-15(14)16(17)11-13-20/h1,5,12,14-19,21H,3-4,6-11,13H2/t14?,15-,16+,17+,18-,19?,20+/m0/s1. The lowest BCUT2D eigenvalue weighted by Crippen LogP contribution is -2.51. The monoisotopic (exact) mass is 284 g/mol. The molecule has 2 unspecified atom stereocenters. The highest BCUT2D eigenvalue weighted by Gasteiger charge is 2.55. The van der Waals surface area contributed by atoms with Crippen molar-refractivity contribution >= 4 is 0 Å². The molecule has 114 valence electrons. The normalized spacial score (nSPS) is 49.6. The molecule has 0 saturated heterocycles. The van der Waals surface area contributed by atoms with Crippen molar-refractivity contribution in [2.75, 3.05) is 0 Å². The van der Waals surface area contributed by atoms with Gasteiger partial charge in [0, 0.05) is 5.41 Å². The molecule has 0 spiro atoms. The van der Waals surface area contributed by atoms with E-state index in [0.717, 1.165) is 36.5 Å². The average molecular weight is 284 g/mol. The van der Waals surface area contributed by atoms with E-state index < -0.39 is 6.10 Å². The largest absolute Gasteiger partial charge is 0.379 e. The number of aliphatic hydroxyl groups excluding tert-OH is 1. The van der Waals surface area contributed by atoms with Gasteiger partial charge in [-0.3, -0.25) is 0 Å². The molecule has 0 aromatic rings. The number of hydrogen-bond acceptors (Lipinski definition) is 1. The summed E-state index contributed by atoms with van der Waals surface area (Å²) < 4.78 is 0. The van der Waals surface area contributed by atoms with Gasteiger partial charge in [-0.05, 0) is 68.1 Å². The fourth-order valence-electron chi connectivity index (χ4n) is 6.65. The Kier molecular flexibility index (Phi) is 3.42. The van der Waals surface area contributed by atoms with Crippen LogP contribution in [0.25, 0.3) is 0 Å². The molecule has 0 aromatic heterocycles. The molecule has 0 bridgehead atoms. The summed E-state index contributed by atoms with van der Waals surface area (Å²) in [5.74, 6) is 7.01. The van der Waals surface area contributed by atoms with Gasteiger partial charge < -0.3 is 5.11 Å². The van der Waals surface area contributed by atoms with Gasteiger partial charge in [0.25, 0.3) is 0 Å². The van der Waals surface area contributed by atoms with E-state index in [4.69, 9.17) is 6.42 Å². The summed E-state index contributed by atoms with van der Waals surface area (Å²) in [6.07, 6.45) is 21.9. The number of rotatable bonds is 1. The van der Waals surface area contributed by atoms with Crippen molar-refractivity contribution in [2.45, 2.75) is 63.9 Å². The Bertz CT molecular complexity index is 473. The maximum Gasteiger partial charge on any atom is 0.123 e. The van der Waals surface area contributed by atoms with E-state index in [2.05, 4.69) is 18.1 Å². The molecule has 4 aliphatic carbocycles. The van der Waals surface area contributed by atoms with Gasteiger partial charge in [-0.2, -0.15) is 0 Å². The molecule has 3 fully saturated rings. The van der Waals surface area contributed by atoms with E-state index in [1.54, 1.807) is 0 Å². The van der Waals surface area contributed by atoms with E-state index in [0.29, 0.717) is 5.92 Å². The van der Waals surface area contributed by atoms with Crippen LogP contribution in [0.1, 0.15) is 57.8 Å². The lowest BCUT2D eigenvalue weighted by atomic mass is 9.49. The zero-order chi connectivity index (χ0) is 14.4. The molecule has 0 radical (unpaired) electrons. The highest BCUT2D eigenvalue weighted by molar-refractivity contribution is 5.23. The molecule has 0 aromatic carbocycles. The van der Waals surface area contributed by atoms with Crippen molar-refractivity contribution in [3.05, 3.63) is 12.2 Å². The van der Waals surface area contributed by atoms with Crippen molar-refractivity contribution in [1.29, 1.82) is 0 Å². The lowest BCUT2D eigenvalue weighted by molar-refractivity contribution is -0.0760. The zero-order valence-corrected chi connectivity index (χ0v) is 13.0. The molecule has 1 heteroatoms. The first-order valence-corrected chi connectivity index (χ1v) is 9.08. The van der Waals surface area contributed by atoms with Gasteiger partial charge in [-0.15, -0.1) is 6.42 Å². The molecule has 0 amide bonds. The van der Waals surface area contributed by atoms with Gasteiger partial charge in [0.15, 0.2) is 0 Å². The Morgan fingerprint density at radius 2 is 1.90 bits per heavy atom. The van der Waals surface area contributed by atoms with Crippen LogP contribution in [0.4, 0.5) is 0 Å². The van der Waals surface area contributed by atoms with Crippen molar-refractivity contribution in [2.24, 2.45) is 35.0 Å². The molecule has 1 nitrogen and oxygen atoms in total. The van der Waals surface area contributed by atoms with E-state index in [9.17, 15) is 5.11 Å². The summed E-state index contributed by atoms with van der Waals surface area (Å²) in [4.78, 5) is 0. The minimum atomic E-state index is -0.578. The Morgan fingerprint density at radius 1 is 1.05 bits per heavy atom. The third kappa shape index (κ3) is 1.95. The van der Waals surface area contributed by atoms with Gasteiger partial charge in [0.05, 0.1) is 0 Å². The van der Waals surface area contributed by atoms with Gasteiger partial charge in [-0.1, -0.05) is 37.3 Å². The first kappa shape index (κ1) is 13.9. The van der Waals surface area contributed by atoms with Crippen LogP contribution in [0.3, 0.4) is 0 Å². The minimum Gasteiger partial charge on any atom is -0.379 e. The van der Waals surface area contributed by atoms with Crippen LogP contribution in [0.2, 0.25) is 0 Å². The predicted octanol–water partition coefficient (Wildman–Crippen LogP) is 4.17. The average Bonchev–Trinajstić information content (AvgIpc) is 2.99. The number of aliphatic hydroxyl groups is 1. The minimum absolute atomic E-state index is 0.0859. The molecular formula is C20H28O. The quantitative estimate of drug-likeness (QED) is 0.566. The maximum atomic E-state index is 10.5. The SMILES string of the molecule is C#CC(O)[C@@]12C=CC[C@H]1[C@@H]1CCC3CCCC[C@@H]3[C@H]1CC2. The topological polar surface area (TPSA) is 20.2 Å². The van der Waals surface area contributed by atoms with Crippen LogP contribution in [-0.4, -0.2) is 11.2 Å². The molecule has 7 atom stereocenters. The van der Waals surface area contributed by atoms with Gasteiger partial charge in [0.1, 0.15) is 6.10 Å². The van der Waals surface area contributed by atoms with Crippen LogP contribution in [0.15, 0.2) is 12.2 Å². The number of terminal acetylenes is 1. The third-order valence-electron chi connectivity index (χ3n) is 7.54. The number of allylic oxidation sites excluding steroid dienone is 1. The first-order chi connectivity index (χ1) is 10.3. The van der Waals surface area contributed by atoms with Gasteiger partial charge in [0.2, 0.25) is 0 Å². The summed E-state index contributed by atoms with van der Waals surface area (Å²) >= 11 is 0. The summed E-state index contributed by atoms with van der Waals surface area (Å²) in [7, 11) is 0. The maximum absolute atomic E-state index is 10.5. The first-order valence-electron chi connectivity index (χ1n) is 9.08. The number of hydrogen-bond donors (Lipinski definition) is 1. The second-order valence-electron chi connectivity index (χ2n) is 8.08. The van der Waals surface area contributed by atoms with Crippen molar-refractivity contribution in [3.63, 3.8) is 0 Å². The molecule has 1 N–H and O–H groups in total. The summed E-state index contributed by atoms with van der Waals surface area (Å²) in [6.45, 7) is 0. The molecule has 21 heavy (non-hydrogen) atoms. The van der Waals surface area contributed by atoms with Crippen molar-refractivity contribution < 1.29 is 5.11 Å². The summed E-state index contributed by atoms with van der Waals surface area (Å²) in [5, 5.41) is 10.5. The molecule has 4 aliphatic rings. The molecule has 0 aliphatic heterocycles. The van der Waals surface area contributed by atoms with Crippen LogP contribution >= 0.6 is 0 Å². The fourth-order valence-corrected chi connectivity index (χ4v) is 6.65. The second-order valence-corrected chi connectivity index (χ2v) is 8.08. The van der Waals surface area contributed by atoms with Gasteiger partial charge in [-0.25, -0.2) is 0 Å². The molecule has 3 saturated carbocycles. The van der Waals surface area contributed by atoms with Crippen molar-refractivity contribution in [1.82, 2.24) is 0 Å². The van der Waals surface area contributed by atoms with E-state index in [1.165, 1.54) is 44.9 Å². The molecule has 4 rings (SSSR count). The zero-order valence-electron chi connectivity index (χ0n) is 13.0. The lowest BCUT2D eigenvalue weighted by Gasteiger charge is -2.55. The Hall–Kier alpha value is -0.740. The Labute approximate surface area is 129 Å². The number of fused-ring (bicyclic) bond motifs is 5.